The molecule has 0 saturated carbocycles. The number of nitrogens with zero attached hydrogens (tertiary/aromatic N) is 1. The van der Waals surface area contributed by atoms with E-state index in [2.05, 4.69) is 23.3 Å². The summed E-state index contributed by atoms with van der Waals surface area (Å²) in [6.45, 7) is 3.78. The fourth-order valence-electron chi connectivity index (χ4n) is 1.68. The number of hydrogen-bond donors (Lipinski definition) is 1. The van der Waals surface area contributed by atoms with Crippen molar-refractivity contribution in [2.45, 2.75) is 25.8 Å². The maximum Gasteiger partial charge on any atom is 0.126 e. The second kappa shape index (κ2) is 4.42. The Kier molecular flexibility index (Phi) is 2.99. The van der Waals surface area contributed by atoms with E-state index in [0.29, 0.717) is 6.04 Å². The molecule has 1 aromatic rings. The smallest absolute Gasteiger partial charge is 0.126 e. The normalized spacial score (nSPS) is 21.9. The number of ether oxygens (including phenoxy) is 1. The topological polar surface area (TPSA) is 34.2 Å². The predicted molar refractivity (Wildman–Crippen MR) is 56.4 cm³/mol. The maximum absolute atomic E-state index is 5.39. The Morgan fingerprint density at radius 1 is 1.57 bits per heavy atom. The molecular weight excluding hydrogens is 176 g/mol. The third kappa shape index (κ3) is 2.45. The summed E-state index contributed by atoms with van der Waals surface area (Å²) < 4.78 is 5.39. The van der Waals surface area contributed by atoms with E-state index in [-0.39, 0.29) is 0 Å². The van der Waals surface area contributed by atoms with E-state index < -0.39 is 0 Å². The molecule has 1 N–H and O–H groups in total. The number of nitrogens with one attached hydrogen (secondary N) is 1. The molecule has 2 rings (SSSR count). The van der Waals surface area contributed by atoms with Crippen molar-refractivity contribution in [2.24, 2.45) is 0 Å². The molecule has 1 atom stereocenters. The van der Waals surface area contributed by atoms with E-state index in [4.69, 9.17) is 4.74 Å². The first-order valence-corrected chi connectivity index (χ1v) is 5.11. The van der Waals surface area contributed by atoms with Crippen molar-refractivity contribution < 1.29 is 4.74 Å². The summed E-state index contributed by atoms with van der Waals surface area (Å²) in [4.78, 5) is 4.27. The fraction of sp³-hybridized carbons (Fsp3) is 0.545. The molecule has 0 radical (unpaired) electrons. The Hall–Kier alpha value is -1.09. The molecule has 0 aromatic carbocycles. The molecule has 1 aliphatic heterocycles. The Bertz CT molecular complexity index is 295. The second-order valence-electron chi connectivity index (χ2n) is 3.78. The van der Waals surface area contributed by atoms with Crippen molar-refractivity contribution in [1.82, 2.24) is 4.98 Å². The van der Waals surface area contributed by atoms with E-state index in [0.717, 1.165) is 25.5 Å². The molecule has 0 aliphatic carbocycles. The zero-order valence-corrected chi connectivity index (χ0v) is 8.49. The lowest BCUT2D eigenvalue weighted by Gasteiger charge is -2.23. The number of pyridine rings is 1. The Morgan fingerprint density at radius 2 is 2.50 bits per heavy atom. The van der Waals surface area contributed by atoms with E-state index in [1.807, 2.05) is 12.3 Å². The van der Waals surface area contributed by atoms with Crippen LogP contribution < -0.4 is 5.32 Å². The molecule has 1 aromatic heterocycles. The summed E-state index contributed by atoms with van der Waals surface area (Å²) in [6, 6.07) is 4.50. The van der Waals surface area contributed by atoms with Gasteiger partial charge < -0.3 is 10.1 Å². The van der Waals surface area contributed by atoms with Gasteiger partial charge in [0, 0.05) is 12.8 Å². The maximum atomic E-state index is 5.39. The molecule has 1 aliphatic rings. The largest absolute Gasteiger partial charge is 0.379 e. The number of anilines is 1. The van der Waals surface area contributed by atoms with Gasteiger partial charge in [0.15, 0.2) is 0 Å². The average molecular weight is 192 g/mol. The van der Waals surface area contributed by atoms with E-state index >= 15 is 0 Å². The lowest BCUT2D eigenvalue weighted by Crippen LogP contribution is -2.30. The first kappa shape index (κ1) is 9.46. The quantitative estimate of drug-likeness (QED) is 0.778. The predicted octanol–water partition coefficient (Wildman–Crippen LogP) is 1.98. The molecule has 0 bridgehead atoms. The van der Waals surface area contributed by atoms with Crippen LogP contribution in [0.4, 0.5) is 5.82 Å². The van der Waals surface area contributed by atoms with Crippen LogP contribution in [-0.2, 0) is 4.74 Å². The minimum Gasteiger partial charge on any atom is -0.379 e. The minimum absolute atomic E-state index is 0.429. The van der Waals surface area contributed by atoms with Crippen molar-refractivity contribution >= 4 is 5.82 Å². The molecule has 3 heteroatoms. The molecule has 14 heavy (non-hydrogen) atoms. The van der Waals surface area contributed by atoms with Gasteiger partial charge in [-0.05, 0) is 37.5 Å². The van der Waals surface area contributed by atoms with E-state index in [1.165, 1.54) is 12.0 Å². The highest BCUT2D eigenvalue weighted by atomic mass is 16.5. The summed E-state index contributed by atoms with van der Waals surface area (Å²) in [5.41, 5.74) is 1.24. The van der Waals surface area contributed by atoms with Crippen molar-refractivity contribution in [1.29, 1.82) is 0 Å². The molecule has 76 valence electrons. The molecule has 3 nitrogen and oxygen atoms in total. The summed E-state index contributed by atoms with van der Waals surface area (Å²) >= 11 is 0. The first-order valence-electron chi connectivity index (χ1n) is 5.11. The summed E-state index contributed by atoms with van der Waals surface area (Å²) in [5.74, 6) is 0.959. The first-order chi connectivity index (χ1) is 6.84. The van der Waals surface area contributed by atoms with Crippen LogP contribution >= 0.6 is 0 Å². The lowest BCUT2D eigenvalue weighted by atomic mass is 10.1. The monoisotopic (exact) mass is 192 g/mol. The van der Waals surface area contributed by atoms with Crippen LogP contribution in [-0.4, -0.2) is 24.2 Å². The van der Waals surface area contributed by atoms with Crippen molar-refractivity contribution in [3.8, 4) is 0 Å². The molecular formula is C11H16N2O. The number of hydrogen-bond acceptors (Lipinski definition) is 3. The van der Waals surface area contributed by atoms with Gasteiger partial charge in [-0.3, -0.25) is 0 Å². The second-order valence-corrected chi connectivity index (χ2v) is 3.78. The minimum atomic E-state index is 0.429. The summed E-state index contributed by atoms with van der Waals surface area (Å²) in [7, 11) is 0. The van der Waals surface area contributed by atoms with Crippen LogP contribution in [0, 0.1) is 6.92 Å². The zero-order valence-electron chi connectivity index (χ0n) is 8.49. The number of rotatable bonds is 2. The fourth-order valence-corrected chi connectivity index (χ4v) is 1.68. The highest BCUT2D eigenvalue weighted by Crippen LogP contribution is 2.12. The Morgan fingerprint density at radius 3 is 3.21 bits per heavy atom. The van der Waals surface area contributed by atoms with Crippen molar-refractivity contribution in [3.05, 3.63) is 23.9 Å². The Balaban J connectivity index is 1.95. The van der Waals surface area contributed by atoms with Crippen molar-refractivity contribution in [2.75, 3.05) is 18.5 Å². The third-order valence-electron chi connectivity index (χ3n) is 2.43. The molecule has 2 heterocycles. The summed E-state index contributed by atoms with van der Waals surface area (Å²) in [5, 5.41) is 3.39. The van der Waals surface area contributed by atoms with Gasteiger partial charge in [-0.15, -0.1) is 0 Å². The SMILES string of the molecule is Cc1ccnc(NC2CCCOC2)c1. The summed E-state index contributed by atoms with van der Waals surface area (Å²) in [6.07, 6.45) is 4.15. The van der Waals surface area contributed by atoms with Crippen LogP contribution in [0.3, 0.4) is 0 Å². The van der Waals surface area contributed by atoms with Gasteiger partial charge in [-0.1, -0.05) is 0 Å². The average Bonchev–Trinajstić information content (AvgIpc) is 2.19. The van der Waals surface area contributed by atoms with Gasteiger partial charge in [0.05, 0.1) is 12.6 Å². The molecule has 0 spiro atoms. The van der Waals surface area contributed by atoms with Crippen LogP contribution in [0.1, 0.15) is 18.4 Å². The molecule has 1 unspecified atom stereocenters. The van der Waals surface area contributed by atoms with Crippen molar-refractivity contribution in [3.63, 3.8) is 0 Å². The van der Waals surface area contributed by atoms with Crippen LogP contribution in [0.5, 0.6) is 0 Å². The van der Waals surface area contributed by atoms with Crippen LogP contribution in [0.15, 0.2) is 18.3 Å². The molecule has 0 amide bonds. The number of aromatic nitrogens is 1. The standard InChI is InChI=1S/C11H16N2O/c1-9-4-5-12-11(7-9)13-10-3-2-6-14-8-10/h4-5,7,10H,2-3,6,8H2,1H3,(H,12,13). The van der Waals surface area contributed by atoms with Crippen LogP contribution in [0.25, 0.3) is 0 Å². The third-order valence-corrected chi connectivity index (χ3v) is 2.43. The Labute approximate surface area is 84.5 Å². The van der Waals surface area contributed by atoms with E-state index in [1.54, 1.807) is 0 Å². The van der Waals surface area contributed by atoms with Gasteiger partial charge in [-0.2, -0.15) is 0 Å². The van der Waals surface area contributed by atoms with Gasteiger partial charge in [0.2, 0.25) is 0 Å². The van der Waals surface area contributed by atoms with E-state index in [9.17, 15) is 0 Å². The zero-order chi connectivity index (χ0) is 9.80. The lowest BCUT2D eigenvalue weighted by molar-refractivity contribution is 0.0875. The number of aryl methyl sites for hydroxylation is 1. The molecule has 1 fully saturated rings. The van der Waals surface area contributed by atoms with Gasteiger partial charge in [0.1, 0.15) is 5.82 Å². The van der Waals surface area contributed by atoms with Gasteiger partial charge in [0.25, 0.3) is 0 Å². The highest BCUT2D eigenvalue weighted by Gasteiger charge is 2.13. The van der Waals surface area contributed by atoms with Gasteiger partial charge in [-0.25, -0.2) is 4.98 Å². The van der Waals surface area contributed by atoms with Gasteiger partial charge >= 0.3 is 0 Å². The van der Waals surface area contributed by atoms with Crippen LogP contribution in [0.2, 0.25) is 0 Å². The molecule has 1 saturated heterocycles. The highest BCUT2D eigenvalue weighted by molar-refractivity contribution is 5.38.